The Hall–Kier alpha value is -0.610. The summed E-state index contributed by atoms with van der Waals surface area (Å²) in [5.74, 6) is 0. The highest BCUT2D eigenvalue weighted by molar-refractivity contribution is 9.11. The predicted molar refractivity (Wildman–Crippen MR) is 57.3 cm³/mol. The van der Waals surface area contributed by atoms with Gasteiger partial charge in [0.2, 0.25) is 0 Å². The summed E-state index contributed by atoms with van der Waals surface area (Å²) in [5.41, 5.74) is 1.86. The molecule has 1 aromatic heterocycles. The van der Waals surface area contributed by atoms with E-state index < -0.39 is 0 Å². The van der Waals surface area contributed by atoms with Crippen molar-refractivity contribution in [2.75, 3.05) is 0 Å². The Morgan fingerprint density at radius 1 is 1.23 bits per heavy atom. The summed E-state index contributed by atoms with van der Waals surface area (Å²) in [6.07, 6.45) is 3.04. The van der Waals surface area contributed by atoms with Gasteiger partial charge in [0.15, 0.2) is 6.39 Å². The molecule has 0 aliphatic carbocycles. The molecule has 0 radical (unpaired) electrons. The summed E-state index contributed by atoms with van der Waals surface area (Å²) in [7, 11) is 0. The fourth-order valence-corrected chi connectivity index (χ4v) is 2.29. The summed E-state index contributed by atoms with van der Waals surface area (Å²) in [4.78, 5) is 4.07. The van der Waals surface area contributed by atoms with Crippen LogP contribution in [0.3, 0.4) is 0 Å². The van der Waals surface area contributed by atoms with Gasteiger partial charge in [0.05, 0.1) is 0 Å². The highest BCUT2D eigenvalue weighted by atomic mass is 79.9. The zero-order valence-electron chi connectivity index (χ0n) is 6.50. The van der Waals surface area contributed by atoms with E-state index in [1.165, 1.54) is 6.39 Å². The Labute approximate surface area is 92.2 Å². The second-order valence-corrected chi connectivity index (χ2v) is 4.27. The third-order valence-electron chi connectivity index (χ3n) is 1.64. The van der Waals surface area contributed by atoms with Gasteiger partial charge >= 0.3 is 0 Å². The van der Waals surface area contributed by atoms with Crippen molar-refractivity contribution in [2.45, 2.75) is 0 Å². The van der Waals surface area contributed by atoms with Gasteiger partial charge in [-0.2, -0.15) is 0 Å². The van der Waals surface area contributed by atoms with Crippen molar-refractivity contribution < 1.29 is 4.42 Å². The quantitative estimate of drug-likeness (QED) is 0.799. The molecule has 0 amide bonds. The van der Waals surface area contributed by atoms with Gasteiger partial charge < -0.3 is 4.42 Å². The van der Waals surface area contributed by atoms with Crippen LogP contribution in [0.15, 0.2) is 44.2 Å². The molecule has 2 aromatic rings. The van der Waals surface area contributed by atoms with Gasteiger partial charge in [-0.1, -0.05) is 37.9 Å². The second kappa shape index (κ2) is 3.64. The molecule has 0 N–H and O–H groups in total. The van der Waals surface area contributed by atoms with Crippen molar-refractivity contribution in [2.24, 2.45) is 0 Å². The molecular weight excluding hydrogens is 298 g/mol. The first-order valence-corrected chi connectivity index (χ1v) is 5.19. The molecule has 0 spiro atoms. The van der Waals surface area contributed by atoms with Gasteiger partial charge in [0, 0.05) is 14.5 Å². The van der Waals surface area contributed by atoms with Gasteiger partial charge in [-0.05, 0) is 12.1 Å². The van der Waals surface area contributed by atoms with Crippen molar-refractivity contribution in [3.05, 3.63) is 39.8 Å². The Morgan fingerprint density at radius 2 is 2.08 bits per heavy atom. The van der Waals surface area contributed by atoms with E-state index >= 15 is 0 Å². The maximum absolute atomic E-state index is 4.91. The second-order valence-electron chi connectivity index (χ2n) is 2.50. The highest BCUT2D eigenvalue weighted by Gasteiger charge is 2.05. The topological polar surface area (TPSA) is 26.0 Å². The van der Waals surface area contributed by atoms with E-state index in [1.54, 1.807) is 6.26 Å². The molecule has 0 aliphatic heterocycles. The number of hydrogen-bond donors (Lipinski definition) is 0. The normalized spacial score (nSPS) is 10.3. The lowest BCUT2D eigenvalue weighted by Crippen LogP contribution is -1.78. The Balaban J connectivity index is 2.53. The molecular formula is C9H5Br2NO. The summed E-state index contributed by atoms with van der Waals surface area (Å²) in [6, 6.07) is 5.92. The van der Waals surface area contributed by atoms with Crippen LogP contribution in [0.25, 0.3) is 11.3 Å². The monoisotopic (exact) mass is 301 g/mol. The molecule has 0 atom stereocenters. The fourth-order valence-electron chi connectivity index (χ4n) is 1.04. The lowest BCUT2D eigenvalue weighted by Gasteiger charge is -1.99. The molecule has 0 saturated carbocycles. The first-order chi connectivity index (χ1) is 6.27. The smallest absolute Gasteiger partial charge is 0.181 e. The maximum atomic E-state index is 4.91. The van der Waals surface area contributed by atoms with Crippen LogP contribution in [0.4, 0.5) is 0 Å². The van der Waals surface area contributed by atoms with Gasteiger partial charge in [0.25, 0.3) is 0 Å². The van der Waals surface area contributed by atoms with E-state index in [9.17, 15) is 0 Å². The number of aromatic nitrogens is 1. The van der Waals surface area contributed by atoms with Crippen LogP contribution in [0.5, 0.6) is 0 Å². The van der Waals surface area contributed by atoms with Crippen molar-refractivity contribution in [1.29, 1.82) is 0 Å². The number of oxazole rings is 1. The molecule has 66 valence electrons. The predicted octanol–water partition coefficient (Wildman–Crippen LogP) is 3.87. The maximum Gasteiger partial charge on any atom is 0.181 e. The number of halogens is 2. The van der Waals surface area contributed by atoms with Gasteiger partial charge in [-0.25, -0.2) is 4.98 Å². The number of benzene rings is 1. The lowest BCUT2D eigenvalue weighted by atomic mass is 10.2. The van der Waals surface area contributed by atoms with Crippen molar-refractivity contribution in [3.8, 4) is 11.3 Å². The molecule has 0 saturated heterocycles. The third kappa shape index (κ3) is 1.84. The van der Waals surface area contributed by atoms with Crippen LogP contribution in [0, 0.1) is 0 Å². The third-order valence-corrected chi connectivity index (χ3v) is 2.79. The molecule has 0 unspecified atom stereocenters. The summed E-state index contributed by atoms with van der Waals surface area (Å²) >= 11 is 6.84. The van der Waals surface area contributed by atoms with E-state index in [-0.39, 0.29) is 0 Å². The van der Waals surface area contributed by atoms with Gasteiger partial charge in [-0.3, -0.25) is 0 Å². The van der Waals surface area contributed by atoms with E-state index in [1.807, 2.05) is 18.2 Å². The van der Waals surface area contributed by atoms with Crippen LogP contribution >= 0.6 is 31.9 Å². The molecule has 4 heteroatoms. The number of hydrogen-bond acceptors (Lipinski definition) is 2. The Kier molecular flexibility index (Phi) is 2.51. The van der Waals surface area contributed by atoms with Gasteiger partial charge in [-0.15, -0.1) is 0 Å². The van der Waals surface area contributed by atoms with Crippen LogP contribution in [-0.4, -0.2) is 4.98 Å². The highest BCUT2D eigenvalue weighted by Crippen LogP contribution is 2.29. The molecule has 1 aromatic carbocycles. The van der Waals surface area contributed by atoms with Crippen LogP contribution in [0.2, 0.25) is 0 Å². The lowest BCUT2D eigenvalue weighted by molar-refractivity contribution is 0.558. The minimum atomic E-state index is 0.833. The Bertz CT molecular complexity index is 412. The first-order valence-electron chi connectivity index (χ1n) is 3.61. The van der Waals surface area contributed by atoms with E-state index in [2.05, 4.69) is 36.8 Å². The molecule has 1 heterocycles. The molecule has 13 heavy (non-hydrogen) atoms. The standard InChI is InChI=1S/C9H5Br2NO/c10-6-1-2-7(8(11)3-6)9-4-13-5-12-9/h1-5H. The van der Waals surface area contributed by atoms with E-state index in [4.69, 9.17) is 4.42 Å². The average molecular weight is 303 g/mol. The largest absolute Gasteiger partial charge is 0.451 e. The zero-order valence-corrected chi connectivity index (χ0v) is 9.67. The number of rotatable bonds is 1. The SMILES string of the molecule is Brc1ccc(-c2cocn2)c(Br)c1. The molecule has 0 fully saturated rings. The van der Waals surface area contributed by atoms with Crippen molar-refractivity contribution in [3.63, 3.8) is 0 Å². The molecule has 0 aliphatic rings. The minimum Gasteiger partial charge on any atom is -0.451 e. The summed E-state index contributed by atoms with van der Waals surface area (Å²) in [6.45, 7) is 0. The molecule has 2 rings (SSSR count). The van der Waals surface area contributed by atoms with E-state index in [0.717, 1.165) is 20.2 Å². The van der Waals surface area contributed by atoms with Crippen molar-refractivity contribution >= 4 is 31.9 Å². The minimum absolute atomic E-state index is 0.833. The molecule has 0 bridgehead atoms. The number of nitrogens with zero attached hydrogens (tertiary/aromatic N) is 1. The van der Waals surface area contributed by atoms with Crippen molar-refractivity contribution in [1.82, 2.24) is 4.98 Å². The van der Waals surface area contributed by atoms with Gasteiger partial charge in [0.1, 0.15) is 12.0 Å². The summed E-state index contributed by atoms with van der Waals surface area (Å²) in [5, 5.41) is 0. The van der Waals surface area contributed by atoms with Crippen LogP contribution < -0.4 is 0 Å². The Morgan fingerprint density at radius 3 is 2.69 bits per heavy atom. The van der Waals surface area contributed by atoms with E-state index in [0.29, 0.717) is 0 Å². The first kappa shape index (κ1) is 8.97. The van der Waals surface area contributed by atoms with Crippen LogP contribution in [-0.2, 0) is 0 Å². The molecule has 2 nitrogen and oxygen atoms in total. The zero-order chi connectivity index (χ0) is 9.26. The van der Waals surface area contributed by atoms with Crippen LogP contribution in [0.1, 0.15) is 0 Å². The summed E-state index contributed by atoms with van der Waals surface area (Å²) < 4.78 is 6.94. The average Bonchev–Trinajstić information content (AvgIpc) is 2.56. The fraction of sp³-hybridized carbons (Fsp3) is 0.